The Hall–Kier alpha value is -2.61. The minimum absolute atomic E-state index is 0.690. The zero-order valence-corrected chi connectivity index (χ0v) is 12.1. The van der Waals surface area contributed by atoms with Crippen molar-refractivity contribution in [1.29, 1.82) is 0 Å². The van der Waals surface area contributed by atoms with Gasteiger partial charge in [0.2, 0.25) is 5.89 Å². The van der Waals surface area contributed by atoms with E-state index in [2.05, 4.69) is 49.2 Å². The Morgan fingerprint density at radius 1 is 0.857 bits per heavy atom. The van der Waals surface area contributed by atoms with Crippen molar-refractivity contribution in [3.8, 4) is 11.5 Å². The Morgan fingerprint density at radius 2 is 1.67 bits per heavy atom. The lowest BCUT2D eigenvalue weighted by atomic mass is 10.0. The first kappa shape index (κ1) is 12.2. The van der Waals surface area contributed by atoms with Crippen molar-refractivity contribution in [2.45, 2.75) is 13.8 Å². The lowest BCUT2D eigenvalue weighted by Crippen LogP contribution is -1.80. The highest BCUT2D eigenvalue weighted by molar-refractivity contribution is 5.95. The standard InChI is InChI=1S/C19H15NO/c1-12-10-11-17-18(13(12)2)21-19(20-17)16-9-5-7-14-6-3-4-8-15(14)16/h3-11H,1-2H3. The molecule has 4 rings (SSSR count). The van der Waals surface area contributed by atoms with E-state index in [0.717, 1.165) is 22.2 Å². The minimum Gasteiger partial charge on any atom is -0.436 e. The third-order valence-electron chi connectivity index (χ3n) is 4.10. The molecule has 0 spiro atoms. The van der Waals surface area contributed by atoms with Gasteiger partial charge >= 0.3 is 0 Å². The second-order valence-corrected chi connectivity index (χ2v) is 5.40. The van der Waals surface area contributed by atoms with Crippen LogP contribution >= 0.6 is 0 Å². The van der Waals surface area contributed by atoms with E-state index in [-0.39, 0.29) is 0 Å². The molecule has 21 heavy (non-hydrogen) atoms. The molecule has 0 aliphatic carbocycles. The van der Waals surface area contributed by atoms with Crippen LogP contribution in [-0.2, 0) is 0 Å². The second-order valence-electron chi connectivity index (χ2n) is 5.40. The average Bonchev–Trinajstić information content (AvgIpc) is 2.95. The van der Waals surface area contributed by atoms with Crippen molar-refractivity contribution in [1.82, 2.24) is 4.98 Å². The molecule has 2 nitrogen and oxygen atoms in total. The number of rotatable bonds is 1. The molecule has 0 radical (unpaired) electrons. The Kier molecular flexibility index (Phi) is 2.58. The van der Waals surface area contributed by atoms with Gasteiger partial charge in [-0.2, -0.15) is 0 Å². The molecule has 0 N–H and O–H groups in total. The summed E-state index contributed by atoms with van der Waals surface area (Å²) >= 11 is 0. The number of aromatic nitrogens is 1. The molecule has 0 saturated heterocycles. The van der Waals surface area contributed by atoms with Gasteiger partial charge in [-0.25, -0.2) is 4.98 Å². The van der Waals surface area contributed by atoms with Gasteiger partial charge in [-0.3, -0.25) is 0 Å². The van der Waals surface area contributed by atoms with Crippen molar-refractivity contribution in [3.05, 3.63) is 65.7 Å². The summed E-state index contributed by atoms with van der Waals surface area (Å²) in [6.45, 7) is 4.17. The normalized spacial score (nSPS) is 11.3. The maximum Gasteiger partial charge on any atom is 0.227 e. The van der Waals surface area contributed by atoms with Crippen molar-refractivity contribution in [3.63, 3.8) is 0 Å². The number of benzene rings is 3. The summed E-state index contributed by atoms with van der Waals surface area (Å²) in [6.07, 6.45) is 0. The van der Waals surface area contributed by atoms with E-state index in [9.17, 15) is 0 Å². The number of hydrogen-bond donors (Lipinski definition) is 0. The summed E-state index contributed by atoms with van der Waals surface area (Å²) in [7, 11) is 0. The van der Waals surface area contributed by atoms with Gasteiger partial charge in [0.25, 0.3) is 0 Å². The Balaban J connectivity index is 2.03. The molecule has 0 fully saturated rings. The summed E-state index contributed by atoms with van der Waals surface area (Å²) < 4.78 is 6.06. The first-order valence-electron chi connectivity index (χ1n) is 7.09. The van der Waals surface area contributed by atoms with E-state index in [4.69, 9.17) is 4.42 Å². The fourth-order valence-corrected chi connectivity index (χ4v) is 2.75. The van der Waals surface area contributed by atoms with Gasteiger partial charge in [-0.1, -0.05) is 42.5 Å². The maximum atomic E-state index is 6.06. The largest absolute Gasteiger partial charge is 0.436 e. The number of aryl methyl sites for hydroxylation is 2. The third kappa shape index (κ3) is 1.83. The maximum absolute atomic E-state index is 6.06. The van der Waals surface area contributed by atoms with Crippen LogP contribution in [0.3, 0.4) is 0 Å². The molecule has 0 aliphatic heterocycles. The lowest BCUT2D eigenvalue weighted by Gasteiger charge is -2.02. The number of oxazole rings is 1. The third-order valence-corrected chi connectivity index (χ3v) is 4.10. The molecule has 0 unspecified atom stereocenters. The van der Waals surface area contributed by atoms with Crippen molar-refractivity contribution in [2.24, 2.45) is 0 Å². The van der Waals surface area contributed by atoms with Crippen molar-refractivity contribution in [2.75, 3.05) is 0 Å². The summed E-state index contributed by atoms with van der Waals surface area (Å²) in [5.41, 5.74) is 5.23. The highest BCUT2D eigenvalue weighted by atomic mass is 16.3. The van der Waals surface area contributed by atoms with Crippen LogP contribution in [0.1, 0.15) is 11.1 Å². The zero-order valence-electron chi connectivity index (χ0n) is 12.1. The van der Waals surface area contributed by atoms with Crippen LogP contribution in [0.15, 0.2) is 59.0 Å². The molecule has 102 valence electrons. The Labute approximate surface area is 123 Å². The van der Waals surface area contributed by atoms with Gasteiger partial charge in [-0.15, -0.1) is 0 Å². The number of hydrogen-bond acceptors (Lipinski definition) is 2. The van der Waals surface area contributed by atoms with Gasteiger partial charge in [0.15, 0.2) is 5.58 Å². The fourth-order valence-electron chi connectivity index (χ4n) is 2.75. The van der Waals surface area contributed by atoms with Gasteiger partial charge < -0.3 is 4.42 Å². The molecule has 0 bridgehead atoms. The van der Waals surface area contributed by atoms with Crippen LogP contribution in [0, 0.1) is 13.8 Å². The topological polar surface area (TPSA) is 26.0 Å². The van der Waals surface area contributed by atoms with E-state index in [0.29, 0.717) is 5.89 Å². The van der Waals surface area contributed by atoms with E-state index in [1.807, 2.05) is 24.3 Å². The van der Waals surface area contributed by atoms with Gasteiger partial charge in [0.1, 0.15) is 5.52 Å². The second kappa shape index (κ2) is 4.45. The van der Waals surface area contributed by atoms with Crippen LogP contribution in [-0.4, -0.2) is 4.98 Å². The van der Waals surface area contributed by atoms with Crippen LogP contribution < -0.4 is 0 Å². The smallest absolute Gasteiger partial charge is 0.227 e. The van der Waals surface area contributed by atoms with Crippen LogP contribution in [0.2, 0.25) is 0 Å². The summed E-state index contributed by atoms with van der Waals surface area (Å²) in [4.78, 5) is 4.67. The monoisotopic (exact) mass is 273 g/mol. The molecular formula is C19H15NO. The summed E-state index contributed by atoms with van der Waals surface area (Å²) in [6, 6.07) is 18.6. The van der Waals surface area contributed by atoms with Crippen LogP contribution in [0.25, 0.3) is 33.3 Å². The molecule has 2 heteroatoms. The minimum atomic E-state index is 0.690. The Morgan fingerprint density at radius 3 is 2.57 bits per heavy atom. The first-order chi connectivity index (χ1) is 10.2. The van der Waals surface area contributed by atoms with Gasteiger partial charge in [0, 0.05) is 5.56 Å². The van der Waals surface area contributed by atoms with Crippen LogP contribution in [0.5, 0.6) is 0 Å². The first-order valence-corrected chi connectivity index (χ1v) is 7.09. The highest BCUT2D eigenvalue weighted by Crippen LogP contribution is 2.32. The molecule has 3 aromatic carbocycles. The van der Waals surface area contributed by atoms with E-state index < -0.39 is 0 Å². The molecule has 1 heterocycles. The highest BCUT2D eigenvalue weighted by Gasteiger charge is 2.13. The molecular weight excluding hydrogens is 258 g/mol. The van der Waals surface area contributed by atoms with Gasteiger partial charge in [0.05, 0.1) is 0 Å². The number of nitrogens with zero attached hydrogens (tertiary/aromatic N) is 1. The van der Waals surface area contributed by atoms with Crippen molar-refractivity contribution >= 4 is 21.9 Å². The Bertz CT molecular complexity index is 961. The average molecular weight is 273 g/mol. The SMILES string of the molecule is Cc1ccc2nc(-c3cccc4ccccc34)oc2c1C. The van der Waals surface area contributed by atoms with E-state index >= 15 is 0 Å². The number of fused-ring (bicyclic) bond motifs is 2. The molecule has 0 amide bonds. The van der Waals surface area contributed by atoms with Crippen molar-refractivity contribution < 1.29 is 4.42 Å². The molecule has 0 aliphatic rings. The van der Waals surface area contributed by atoms with Gasteiger partial charge in [-0.05, 0) is 47.9 Å². The lowest BCUT2D eigenvalue weighted by molar-refractivity contribution is 0.618. The van der Waals surface area contributed by atoms with E-state index in [1.165, 1.54) is 16.3 Å². The van der Waals surface area contributed by atoms with Crippen LogP contribution in [0.4, 0.5) is 0 Å². The predicted octanol–water partition coefficient (Wildman–Crippen LogP) is 5.26. The quantitative estimate of drug-likeness (QED) is 0.472. The summed E-state index contributed by atoms with van der Waals surface area (Å²) in [5.74, 6) is 0.690. The zero-order chi connectivity index (χ0) is 14.4. The van der Waals surface area contributed by atoms with E-state index in [1.54, 1.807) is 0 Å². The molecule has 1 aromatic heterocycles. The molecule has 4 aromatic rings. The fraction of sp³-hybridized carbons (Fsp3) is 0.105. The molecule has 0 saturated carbocycles. The summed E-state index contributed by atoms with van der Waals surface area (Å²) in [5, 5.41) is 2.37. The molecule has 0 atom stereocenters. The predicted molar refractivity (Wildman–Crippen MR) is 86.4 cm³/mol.